The second-order valence-corrected chi connectivity index (χ2v) is 6.52. The van der Waals surface area contributed by atoms with Gasteiger partial charge in [-0.3, -0.25) is 0 Å². The van der Waals surface area contributed by atoms with Gasteiger partial charge in [0.1, 0.15) is 11.4 Å². The van der Waals surface area contributed by atoms with Crippen LogP contribution in [0.2, 0.25) is 0 Å². The predicted octanol–water partition coefficient (Wildman–Crippen LogP) is 1.02. The van der Waals surface area contributed by atoms with Crippen molar-refractivity contribution in [2.45, 2.75) is 11.3 Å². The molecule has 9 heteroatoms. The van der Waals surface area contributed by atoms with Crippen LogP contribution in [-0.4, -0.2) is 52.0 Å². The minimum Gasteiger partial charge on any atom is -0.465 e. The highest BCUT2D eigenvalue weighted by molar-refractivity contribution is 7.89. The number of carbonyl (C=O) groups excluding carboxylic acids is 1. The van der Waals surface area contributed by atoms with E-state index < -0.39 is 27.4 Å². The van der Waals surface area contributed by atoms with E-state index >= 15 is 0 Å². The molecule has 0 aliphatic carbocycles. The second-order valence-electron chi connectivity index (χ2n) is 4.61. The monoisotopic (exact) mass is 352 g/mol. The molecule has 1 aliphatic rings. The van der Waals surface area contributed by atoms with Gasteiger partial charge in [-0.1, -0.05) is 6.07 Å². The highest BCUT2D eigenvalue weighted by Crippen LogP contribution is 2.24. The summed E-state index contributed by atoms with van der Waals surface area (Å²) < 4.78 is 44.9. The van der Waals surface area contributed by atoms with Crippen LogP contribution in [-0.2, 0) is 14.8 Å². The summed E-state index contributed by atoms with van der Waals surface area (Å²) in [6, 6.07) is 3.53. The highest BCUT2D eigenvalue weighted by Gasteiger charge is 2.31. The summed E-state index contributed by atoms with van der Waals surface area (Å²) in [5, 5.41) is 3.09. The van der Waals surface area contributed by atoms with Gasteiger partial charge >= 0.3 is 5.97 Å². The van der Waals surface area contributed by atoms with Gasteiger partial charge in [0, 0.05) is 19.6 Å². The van der Waals surface area contributed by atoms with Gasteiger partial charge in [0.15, 0.2) is 0 Å². The molecule has 1 aromatic carbocycles. The van der Waals surface area contributed by atoms with Gasteiger partial charge in [-0.05, 0) is 25.1 Å². The third-order valence-corrected chi connectivity index (χ3v) is 5.22. The van der Waals surface area contributed by atoms with Crippen molar-refractivity contribution in [3.05, 3.63) is 29.6 Å². The number of rotatable bonds is 3. The number of nitrogens with zero attached hydrogens (tertiary/aromatic N) is 1. The fourth-order valence-corrected chi connectivity index (χ4v) is 3.89. The maximum Gasteiger partial charge on any atom is 0.342 e. The number of nitrogens with one attached hydrogen (secondary N) is 1. The van der Waals surface area contributed by atoms with Gasteiger partial charge in [0.05, 0.1) is 12.0 Å². The van der Waals surface area contributed by atoms with Crippen LogP contribution in [0.15, 0.2) is 23.1 Å². The van der Waals surface area contributed by atoms with Crippen molar-refractivity contribution in [3.63, 3.8) is 0 Å². The van der Waals surface area contributed by atoms with Crippen LogP contribution in [0.5, 0.6) is 0 Å². The van der Waals surface area contributed by atoms with Crippen LogP contribution in [0.3, 0.4) is 0 Å². The van der Waals surface area contributed by atoms with E-state index in [-0.39, 0.29) is 23.8 Å². The fraction of sp³-hybridized carbons (Fsp3) is 0.462. The van der Waals surface area contributed by atoms with Crippen molar-refractivity contribution in [1.82, 2.24) is 9.62 Å². The van der Waals surface area contributed by atoms with E-state index in [0.717, 1.165) is 19.7 Å². The van der Waals surface area contributed by atoms with Crippen molar-refractivity contribution < 1.29 is 22.3 Å². The zero-order chi connectivity index (χ0) is 15.5. The molecule has 0 saturated carbocycles. The highest BCUT2D eigenvalue weighted by atomic mass is 35.5. The normalized spacial score (nSPS) is 16.5. The first-order valence-electron chi connectivity index (χ1n) is 6.56. The lowest BCUT2D eigenvalue weighted by molar-refractivity contribution is 0.0590. The number of methoxy groups -OCH3 is 1. The Morgan fingerprint density at radius 3 is 2.73 bits per heavy atom. The molecule has 6 nitrogen and oxygen atoms in total. The number of hydrogen-bond donors (Lipinski definition) is 1. The Hall–Kier alpha value is -1.22. The number of sulfonamides is 1. The first-order valence-corrected chi connectivity index (χ1v) is 8.00. The molecule has 1 N–H and O–H groups in total. The lowest BCUT2D eigenvalue weighted by Crippen LogP contribution is -2.35. The zero-order valence-electron chi connectivity index (χ0n) is 12.0. The Morgan fingerprint density at radius 2 is 2.05 bits per heavy atom. The molecule has 0 radical (unpaired) electrons. The number of halogens is 2. The molecule has 0 spiro atoms. The van der Waals surface area contributed by atoms with Crippen LogP contribution < -0.4 is 5.32 Å². The molecule has 0 aromatic heterocycles. The Morgan fingerprint density at radius 1 is 1.32 bits per heavy atom. The fourth-order valence-electron chi connectivity index (χ4n) is 2.22. The minimum atomic E-state index is -3.94. The Kier molecular flexibility index (Phi) is 6.73. The zero-order valence-corrected chi connectivity index (χ0v) is 13.7. The number of ether oxygens (including phenoxy) is 1. The topological polar surface area (TPSA) is 75.7 Å². The molecule has 0 unspecified atom stereocenters. The molecule has 1 aliphatic heterocycles. The van der Waals surface area contributed by atoms with Crippen LogP contribution in [0, 0.1) is 5.82 Å². The van der Waals surface area contributed by atoms with E-state index in [2.05, 4.69) is 10.1 Å². The molecule has 1 heterocycles. The van der Waals surface area contributed by atoms with Crippen molar-refractivity contribution in [1.29, 1.82) is 0 Å². The van der Waals surface area contributed by atoms with Crippen LogP contribution in [0.25, 0.3) is 0 Å². The SMILES string of the molecule is COC(=O)c1c(F)cccc1S(=O)(=O)N1CCCNCC1.Cl. The van der Waals surface area contributed by atoms with Crippen LogP contribution >= 0.6 is 12.4 Å². The van der Waals surface area contributed by atoms with E-state index in [1.54, 1.807) is 0 Å². The summed E-state index contributed by atoms with van der Waals surface area (Å²) >= 11 is 0. The van der Waals surface area contributed by atoms with E-state index in [0.29, 0.717) is 19.5 Å². The predicted molar refractivity (Wildman–Crippen MR) is 81.2 cm³/mol. The summed E-state index contributed by atoms with van der Waals surface area (Å²) in [7, 11) is -2.86. The largest absolute Gasteiger partial charge is 0.465 e. The number of benzene rings is 1. The smallest absolute Gasteiger partial charge is 0.342 e. The first-order chi connectivity index (χ1) is 9.98. The molecule has 2 rings (SSSR count). The van der Waals surface area contributed by atoms with Gasteiger partial charge in [0.25, 0.3) is 0 Å². The average Bonchev–Trinajstić information content (AvgIpc) is 2.75. The van der Waals surface area contributed by atoms with E-state index in [1.807, 2.05) is 0 Å². The Labute approximate surface area is 135 Å². The van der Waals surface area contributed by atoms with E-state index in [4.69, 9.17) is 0 Å². The number of esters is 1. The van der Waals surface area contributed by atoms with Crippen molar-refractivity contribution in [2.75, 3.05) is 33.3 Å². The van der Waals surface area contributed by atoms with Crippen LogP contribution in [0.1, 0.15) is 16.8 Å². The average molecular weight is 353 g/mol. The molecule has 124 valence electrons. The van der Waals surface area contributed by atoms with E-state index in [1.165, 1.54) is 16.4 Å². The van der Waals surface area contributed by atoms with Crippen molar-refractivity contribution in [2.24, 2.45) is 0 Å². The molecule has 1 saturated heterocycles. The first kappa shape index (κ1) is 18.8. The van der Waals surface area contributed by atoms with Gasteiger partial charge in [-0.2, -0.15) is 4.31 Å². The molecule has 1 fully saturated rings. The quantitative estimate of drug-likeness (QED) is 0.822. The van der Waals surface area contributed by atoms with Gasteiger partial charge in [0.2, 0.25) is 10.0 Å². The third-order valence-electron chi connectivity index (χ3n) is 3.28. The maximum absolute atomic E-state index is 13.9. The lowest BCUT2D eigenvalue weighted by Gasteiger charge is -2.21. The Bertz CT molecular complexity index is 631. The molecular formula is C13H18ClFN2O4S. The molecule has 0 bridgehead atoms. The molecular weight excluding hydrogens is 335 g/mol. The standard InChI is InChI=1S/C13H17FN2O4S.ClH/c1-20-13(17)12-10(14)4-2-5-11(12)21(18,19)16-8-3-6-15-7-9-16;/h2,4-5,15H,3,6-9H2,1H3;1H. The van der Waals surface area contributed by atoms with E-state index in [9.17, 15) is 17.6 Å². The Balaban J connectivity index is 0.00000242. The van der Waals surface area contributed by atoms with Crippen molar-refractivity contribution in [3.8, 4) is 0 Å². The van der Waals surface area contributed by atoms with Crippen LogP contribution in [0.4, 0.5) is 4.39 Å². The van der Waals surface area contributed by atoms with Gasteiger partial charge in [-0.15, -0.1) is 12.4 Å². The van der Waals surface area contributed by atoms with Gasteiger partial charge < -0.3 is 10.1 Å². The summed E-state index contributed by atoms with van der Waals surface area (Å²) in [4.78, 5) is 11.3. The second kappa shape index (κ2) is 7.87. The minimum absolute atomic E-state index is 0. The summed E-state index contributed by atoms with van der Waals surface area (Å²) in [5.74, 6) is -1.91. The molecule has 0 atom stereocenters. The van der Waals surface area contributed by atoms with Gasteiger partial charge in [-0.25, -0.2) is 17.6 Å². The number of hydrogen-bond acceptors (Lipinski definition) is 5. The molecule has 22 heavy (non-hydrogen) atoms. The summed E-state index contributed by atoms with van der Waals surface area (Å²) in [5.41, 5.74) is -0.544. The third kappa shape index (κ3) is 3.75. The lowest BCUT2D eigenvalue weighted by atomic mass is 10.2. The maximum atomic E-state index is 13.9. The molecule has 1 aromatic rings. The van der Waals surface area contributed by atoms with Crippen molar-refractivity contribution >= 4 is 28.4 Å². The molecule has 0 amide bonds. The summed E-state index contributed by atoms with van der Waals surface area (Å²) in [6.45, 7) is 1.84. The number of carbonyl (C=O) groups is 1. The summed E-state index contributed by atoms with van der Waals surface area (Å²) in [6.07, 6.45) is 0.655.